The van der Waals surface area contributed by atoms with Crippen LogP contribution in [-0.4, -0.2) is 54.8 Å². The second kappa shape index (κ2) is 12.2. The molecule has 0 atom stereocenters. The number of aliphatic hydroxyl groups excluding tert-OH is 1. The average molecular weight is 625 g/mol. The van der Waals surface area contributed by atoms with Crippen molar-refractivity contribution in [3.8, 4) is 17.1 Å². The third kappa shape index (κ3) is 5.69. The molecule has 238 valence electrons. The van der Waals surface area contributed by atoms with E-state index in [1.165, 1.54) is 28.7 Å². The van der Waals surface area contributed by atoms with Gasteiger partial charge in [-0.25, -0.2) is 19.0 Å². The number of nitrogens with one attached hydrogen (secondary N) is 1. The standard InChI is InChI=1S/C34H37FN8O3/c1-34(2,3)23-14-22-18-39-43(33(46)30(22)26(35)15-23)31-25(19-44)24(10-13-37-31)27-16-28(32(45)42(5)40-27)41(4)29-7-6-21(17-38-29)20-8-11-36-12-9-20/h6-7,10,13-18,20,36,44H,8-9,11-12,19H2,1-5H3. The number of aromatic nitrogens is 6. The highest BCUT2D eigenvalue weighted by atomic mass is 19.1. The molecular weight excluding hydrogens is 587 g/mol. The number of pyridine rings is 2. The monoisotopic (exact) mass is 624 g/mol. The topological polar surface area (TPSA) is 131 Å². The van der Waals surface area contributed by atoms with Crippen molar-refractivity contribution in [2.24, 2.45) is 7.05 Å². The summed E-state index contributed by atoms with van der Waals surface area (Å²) in [5.41, 5.74) is 1.89. The maximum Gasteiger partial charge on any atom is 0.290 e. The molecule has 1 aliphatic heterocycles. The molecule has 0 aliphatic carbocycles. The van der Waals surface area contributed by atoms with Gasteiger partial charge in [0.25, 0.3) is 11.1 Å². The summed E-state index contributed by atoms with van der Waals surface area (Å²) < 4.78 is 17.6. The second-order valence-corrected chi connectivity index (χ2v) is 12.7. The number of aryl methyl sites for hydroxylation is 1. The van der Waals surface area contributed by atoms with Crippen LogP contribution in [0.5, 0.6) is 0 Å². The van der Waals surface area contributed by atoms with Crippen molar-refractivity contribution in [3.05, 3.63) is 98.2 Å². The maximum atomic E-state index is 15.4. The smallest absolute Gasteiger partial charge is 0.290 e. The largest absolute Gasteiger partial charge is 0.392 e. The number of rotatable bonds is 6. The third-order valence-electron chi connectivity index (χ3n) is 8.70. The van der Waals surface area contributed by atoms with Crippen LogP contribution in [0.1, 0.15) is 56.2 Å². The highest BCUT2D eigenvalue weighted by Gasteiger charge is 2.23. The van der Waals surface area contributed by atoms with Gasteiger partial charge in [0.05, 0.1) is 23.9 Å². The van der Waals surface area contributed by atoms with Crippen LogP contribution < -0.4 is 21.3 Å². The van der Waals surface area contributed by atoms with E-state index in [1.807, 2.05) is 33.0 Å². The fourth-order valence-corrected chi connectivity index (χ4v) is 5.96. The number of halogens is 1. The zero-order chi connectivity index (χ0) is 32.7. The van der Waals surface area contributed by atoms with E-state index in [-0.39, 0.29) is 27.7 Å². The molecule has 5 heterocycles. The van der Waals surface area contributed by atoms with E-state index in [4.69, 9.17) is 0 Å². The second-order valence-electron chi connectivity index (χ2n) is 12.7. The predicted molar refractivity (Wildman–Crippen MR) is 175 cm³/mol. The molecule has 0 radical (unpaired) electrons. The molecule has 4 aromatic heterocycles. The minimum atomic E-state index is -0.706. The number of hydrogen-bond donors (Lipinski definition) is 2. The van der Waals surface area contributed by atoms with E-state index in [0.29, 0.717) is 34.1 Å². The van der Waals surface area contributed by atoms with Crippen LogP contribution in [0.4, 0.5) is 15.9 Å². The van der Waals surface area contributed by atoms with Crippen LogP contribution in [0, 0.1) is 5.82 Å². The van der Waals surface area contributed by atoms with Crippen LogP contribution in [0.3, 0.4) is 0 Å². The van der Waals surface area contributed by atoms with Gasteiger partial charge in [0.15, 0.2) is 5.82 Å². The van der Waals surface area contributed by atoms with Crippen LogP contribution in [0.2, 0.25) is 0 Å². The molecule has 46 heavy (non-hydrogen) atoms. The highest BCUT2D eigenvalue weighted by Crippen LogP contribution is 2.31. The Bertz CT molecular complexity index is 2040. The number of benzene rings is 1. The van der Waals surface area contributed by atoms with E-state index < -0.39 is 18.0 Å². The lowest BCUT2D eigenvalue weighted by atomic mass is 9.86. The maximum absolute atomic E-state index is 15.4. The van der Waals surface area contributed by atoms with E-state index in [1.54, 1.807) is 37.2 Å². The molecule has 6 rings (SSSR count). The number of nitrogens with zero attached hydrogens (tertiary/aromatic N) is 7. The minimum absolute atomic E-state index is 0.0342. The van der Waals surface area contributed by atoms with Gasteiger partial charge in [0, 0.05) is 43.0 Å². The zero-order valence-corrected chi connectivity index (χ0v) is 26.6. The van der Waals surface area contributed by atoms with Crippen molar-refractivity contribution in [1.82, 2.24) is 34.8 Å². The summed E-state index contributed by atoms with van der Waals surface area (Å²) in [5.74, 6) is 0.420. The van der Waals surface area contributed by atoms with E-state index in [0.717, 1.165) is 36.2 Å². The summed E-state index contributed by atoms with van der Waals surface area (Å²) in [6.07, 6.45) is 6.86. The molecule has 0 bridgehead atoms. The first-order chi connectivity index (χ1) is 22.0. The molecule has 1 fully saturated rings. The number of hydrogen-bond acceptors (Lipinski definition) is 9. The molecule has 1 saturated heterocycles. The lowest BCUT2D eigenvalue weighted by Gasteiger charge is -2.24. The Hall–Kier alpha value is -4.81. The zero-order valence-electron chi connectivity index (χ0n) is 26.6. The van der Waals surface area contributed by atoms with Crippen molar-refractivity contribution in [2.45, 2.75) is 51.6 Å². The Kier molecular flexibility index (Phi) is 8.26. The fourth-order valence-electron chi connectivity index (χ4n) is 5.96. The summed E-state index contributed by atoms with van der Waals surface area (Å²) in [4.78, 5) is 37.6. The molecule has 0 spiro atoms. The van der Waals surface area contributed by atoms with E-state index in [2.05, 4.69) is 31.5 Å². The number of anilines is 2. The Balaban J connectivity index is 1.41. The molecule has 1 aliphatic rings. The highest BCUT2D eigenvalue weighted by molar-refractivity contribution is 5.83. The van der Waals surface area contributed by atoms with Gasteiger partial charge in [0.1, 0.15) is 17.3 Å². The van der Waals surface area contributed by atoms with Gasteiger partial charge in [-0.15, -0.1) is 0 Å². The Morgan fingerprint density at radius 3 is 2.48 bits per heavy atom. The van der Waals surface area contributed by atoms with Gasteiger partial charge in [-0.1, -0.05) is 26.8 Å². The van der Waals surface area contributed by atoms with Crippen molar-refractivity contribution < 1.29 is 9.50 Å². The summed E-state index contributed by atoms with van der Waals surface area (Å²) >= 11 is 0. The Morgan fingerprint density at radius 1 is 1.04 bits per heavy atom. The summed E-state index contributed by atoms with van der Waals surface area (Å²) in [6, 6.07) is 10.3. The predicted octanol–water partition coefficient (Wildman–Crippen LogP) is 4.10. The van der Waals surface area contributed by atoms with E-state index in [9.17, 15) is 14.7 Å². The van der Waals surface area contributed by atoms with Gasteiger partial charge in [-0.3, -0.25) is 9.59 Å². The lowest BCUT2D eigenvalue weighted by molar-refractivity contribution is 0.281. The molecule has 12 heteroatoms. The molecule has 2 N–H and O–H groups in total. The first-order valence-corrected chi connectivity index (χ1v) is 15.3. The van der Waals surface area contributed by atoms with Crippen LogP contribution in [-0.2, 0) is 19.1 Å². The first kappa shape index (κ1) is 31.2. The molecule has 0 amide bonds. The van der Waals surface area contributed by atoms with Gasteiger partial charge in [-0.05, 0) is 78.7 Å². The Labute approximate surface area is 265 Å². The van der Waals surface area contributed by atoms with Crippen LogP contribution in [0.15, 0.2) is 64.6 Å². The van der Waals surface area contributed by atoms with Crippen LogP contribution in [0.25, 0.3) is 27.8 Å². The van der Waals surface area contributed by atoms with Gasteiger partial charge < -0.3 is 15.3 Å². The van der Waals surface area contributed by atoms with Crippen molar-refractivity contribution in [2.75, 3.05) is 25.0 Å². The summed E-state index contributed by atoms with van der Waals surface area (Å²) in [5, 5.41) is 22.9. The first-order valence-electron chi connectivity index (χ1n) is 15.3. The molecule has 5 aromatic rings. The quantitative estimate of drug-likeness (QED) is 0.287. The Morgan fingerprint density at radius 2 is 1.80 bits per heavy atom. The SMILES string of the molecule is CN(c1ccc(C2CCNCC2)cn1)c1cc(-c2ccnc(-n3ncc4cc(C(C)(C)C)cc(F)c4c3=O)c2CO)nn(C)c1=O. The molecule has 0 unspecified atom stereocenters. The average Bonchev–Trinajstić information content (AvgIpc) is 3.05. The molecule has 11 nitrogen and oxygen atoms in total. The van der Waals surface area contributed by atoms with Crippen molar-refractivity contribution in [3.63, 3.8) is 0 Å². The molecule has 0 saturated carbocycles. The third-order valence-corrected chi connectivity index (χ3v) is 8.70. The lowest BCUT2D eigenvalue weighted by Crippen LogP contribution is -2.28. The van der Waals surface area contributed by atoms with Gasteiger partial charge >= 0.3 is 0 Å². The normalized spacial score (nSPS) is 14.2. The van der Waals surface area contributed by atoms with Crippen LogP contribution >= 0.6 is 0 Å². The number of fused-ring (bicyclic) bond motifs is 1. The molecule has 1 aromatic carbocycles. The summed E-state index contributed by atoms with van der Waals surface area (Å²) in [6.45, 7) is 7.33. The van der Waals surface area contributed by atoms with Gasteiger partial charge in [0.2, 0.25) is 0 Å². The summed E-state index contributed by atoms with van der Waals surface area (Å²) in [7, 11) is 3.30. The number of piperidine rings is 1. The van der Waals surface area contributed by atoms with Crippen molar-refractivity contribution >= 4 is 22.3 Å². The van der Waals surface area contributed by atoms with Crippen molar-refractivity contribution in [1.29, 1.82) is 0 Å². The van der Waals surface area contributed by atoms with Gasteiger partial charge in [-0.2, -0.15) is 14.9 Å². The number of aliphatic hydroxyl groups is 1. The minimum Gasteiger partial charge on any atom is -0.392 e. The fraction of sp³-hybridized carbons (Fsp3) is 0.353. The van der Waals surface area contributed by atoms with E-state index >= 15 is 4.39 Å². The molecular formula is C34H37FN8O3.